The monoisotopic (exact) mass is 260 g/mol. The zero-order valence-corrected chi connectivity index (χ0v) is 11.7. The minimum absolute atomic E-state index is 0.570. The van der Waals surface area contributed by atoms with Gasteiger partial charge in [-0.25, -0.2) is 0 Å². The van der Waals surface area contributed by atoms with Gasteiger partial charge in [0.1, 0.15) is 12.4 Å². The fourth-order valence-electron chi connectivity index (χ4n) is 2.08. The molecule has 0 spiro atoms. The lowest BCUT2D eigenvalue weighted by Crippen LogP contribution is -2.03. The van der Waals surface area contributed by atoms with E-state index in [-0.39, 0.29) is 0 Å². The van der Waals surface area contributed by atoms with Gasteiger partial charge in [0.2, 0.25) is 0 Å². The summed E-state index contributed by atoms with van der Waals surface area (Å²) in [5.41, 5.74) is 4.57. The number of nitrogens with zero attached hydrogens (tertiary/aromatic N) is 1. The van der Waals surface area contributed by atoms with Gasteiger partial charge in [-0.1, -0.05) is 19.1 Å². The van der Waals surface area contributed by atoms with E-state index < -0.39 is 0 Å². The predicted octanol–water partition coefficient (Wildman–Crippen LogP) is 2.97. The minimum atomic E-state index is 0.570. The summed E-state index contributed by atoms with van der Waals surface area (Å²) < 4.78 is 10.5. The highest BCUT2D eigenvalue weighted by molar-refractivity contribution is 5.69. The molecule has 102 valence electrons. The molecule has 0 aliphatic carbocycles. The summed E-state index contributed by atoms with van der Waals surface area (Å²) in [6.07, 6.45) is 0.922. The first-order valence-corrected chi connectivity index (χ1v) is 6.52. The zero-order valence-electron chi connectivity index (χ0n) is 11.7. The molecule has 1 aromatic carbocycles. The molecule has 0 bridgehead atoms. The molecule has 0 atom stereocenters. The Morgan fingerprint density at radius 3 is 2.53 bits per heavy atom. The normalized spacial score (nSPS) is 10.7. The van der Waals surface area contributed by atoms with Crippen molar-refractivity contribution in [2.45, 2.75) is 20.3 Å². The third kappa shape index (κ3) is 3.15. The molecule has 4 heteroatoms. The molecule has 1 aromatic heterocycles. The van der Waals surface area contributed by atoms with E-state index in [1.807, 2.05) is 19.1 Å². The molecular formula is C15H20N2O2. The maximum absolute atomic E-state index is 5.56. The van der Waals surface area contributed by atoms with Crippen molar-refractivity contribution in [3.63, 3.8) is 0 Å². The van der Waals surface area contributed by atoms with Crippen LogP contribution in [0.2, 0.25) is 0 Å². The van der Waals surface area contributed by atoms with E-state index in [2.05, 4.69) is 29.3 Å². The topological polar surface area (TPSA) is 47.1 Å². The third-order valence-corrected chi connectivity index (χ3v) is 3.06. The first-order chi connectivity index (χ1) is 9.26. The highest BCUT2D eigenvalue weighted by atomic mass is 16.5. The number of aromatic nitrogens is 2. The van der Waals surface area contributed by atoms with Crippen molar-refractivity contribution in [2.75, 3.05) is 20.3 Å². The van der Waals surface area contributed by atoms with Gasteiger partial charge in [-0.3, -0.25) is 5.10 Å². The van der Waals surface area contributed by atoms with Crippen LogP contribution in [0.5, 0.6) is 5.75 Å². The molecule has 0 radical (unpaired) electrons. The highest BCUT2D eigenvalue weighted by Gasteiger charge is 2.10. The second kappa shape index (κ2) is 6.38. The van der Waals surface area contributed by atoms with Crippen molar-refractivity contribution in [2.24, 2.45) is 0 Å². The van der Waals surface area contributed by atoms with E-state index >= 15 is 0 Å². The van der Waals surface area contributed by atoms with E-state index in [4.69, 9.17) is 9.47 Å². The summed E-state index contributed by atoms with van der Waals surface area (Å²) >= 11 is 0. The molecule has 0 aliphatic rings. The van der Waals surface area contributed by atoms with Crippen molar-refractivity contribution in [1.29, 1.82) is 0 Å². The Morgan fingerprint density at radius 1 is 1.16 bits per heavy atom. The Bertz CT molecular complexity index is 517. The van der Waals surface area contributed by atoms with E-state index in [0.29, 0.717) is 13.2 Å². The Labute approximate surface area is 113 Å². The number of rotatable bonds is 6. The Kier molecular flexibility index (Phi) is 4.58. The van der Waals surface area contributed by atoms with Gasteiger partial charge >= 0.3 is 0 Å². The maximum Gasteiger partial charge on any atom is 0.119 e. The number of methoxy groups -OCH3 is 1. The van der Waals surface area contributed by atoms with Crippen LogP contribution in [0.1, 0.15) is 18.3 Å². The summed E-state index contributed by atoms with van der Waals surface area (Å²) in [5, 5.41) is 7.37. The number of benzene rings is 1. The summed E-state index contributed by atoms with van der Waals surface area (Å²) in [4.78, 5) is 0. The molecule has 1 N–H and O–H groups in total. The van der Waals surface area contributed by atoms with Crippen molar-refractivity contribution < 1.29 is 9.47 Å². The van der Waals surface area contributed by atoms with Gasteiger partial charge in [-0.15, -0.1) is 0 Å². The Morgan fingerprint density at radius 2 is 1.89 bits per heavy atom. The molecule has 4 nitrogen and oxygen atoms in total. The molecule has 0 amide bonds. The lowest BCUT2D eigenvalue weighted by molar-refractivity contribution is 0.146. The number of hydrogen-bond donors (Lipinski definition) is 1. The van der Waals surface area contributed by atoms with Crippen LogP contribution in [0.3, 0.4) is 0 Å². The Hall–Kier alpha value is -1.81. The number of nitrogens with one attached hydrogen (secondary N) is 1. The van der Waals surface area contributed by atoms with E-state index in [1.54, 1.807) is 7.11 Å². The first-order valence-electron chi connectivity index (χ1n) is 6.52. The van der Waals surface area contributed by atoms with Gasteiger partial charge in [0, 0.05) is 18.4 Å². The molecule has 1 heterocycles. The van der Waals surface area contributed by atoms with Gasteiger partial charge < -0.3 is 9.47 Å². The summed E-state index contributed by atoms with van der Waals surface area (Å²) in [5.74, 6) is 0.861. The number of aryl methyl sites for hydroxylation is 2. The molecule has 2 rings (SSSR count). The quantitative estimate of drug-likeness (QED) is 0.812. The molecule has 19 heavy (non-hydrogen) atoms. The standard InChI is InChI=1S/C15H20N2O2/c1-4-14-15(11(2)16-17-14)12-5-7-13(8-6-12)19-10-9-18-3/h5-8H,4,9-10H2,1-3H3,(H,16,17). The van der Waals surface area contributed by atoms with E-state index in [1.165, 1.54) is 11.1 Å². The van der Waals surface area contributed by atoms with E-state index in [9.17, 15) is 0 Å². The highest BCUT2D eigenvalue weighted by Crippen LogP contribution is 2.27. The number of aromatic amines is 1. The molecule has 2 aromatic rings. The average Bonchev–Trinajstić information content (AvgIpc) is 2.81. The second-order valence-electron chi connectivity index (χ2n) is 4.39. The van der Waals surface area contributed by atoms with Gasteiger partial charge in [-0.2, -0.15) is 5.10 Å². The van der Waals surface area contributed by atoms with Crippen LogP contribution in [0.4, 0.5) is 0 Å². The van der Waals surface area contributed by atoms with Gasteiger partial charge in [0.25, 0.3) is 0 Å². The lowest BCUT2D eigenvalue weighted by Gasteiger charge is -2.07. The predicted molar refractivity (Wildman–Crippen MR) is 75.5 cm³/mol. The third-order valence-electron chi connectivity index (χ3n) is 3.06. The van der Waals surface area contributed by atoms with Crippen molar-refractivity contribution >= 4 is 0 Å². The smallest absolute Gasteiger partial charge is 0.119 e. The summed E-state index contributed by atoms with van der Waals surface area (Å²) in [6, 6.07) is 8.10. The van der Waals surface area contributed by atoms with Gasteiger partial charge in [0.15, 0.2) is 0 Å². The van der Waals surface area contributed by atoms with E-state index in [0.717, 1.165) is 23.6 Å². The number of hydrogen-bond acceptors (Lipinski definition) is 3. The minimum Gasteiger partial charge on any atom is -0.491 e. The summed E-state index contributed by atoms with van der Waals surface area (Å²) in [7, 11) is 1.67. The van der Waals surface area contributed by atoms with Gasteiger partial charge in [-0.05, 0) is 31.0 Å². The number of H-pyrrole nitrogens is 1. The van der Waals surface area contributed by atoms with Crippen molar-refractivity contribution in [3.8, 4) is 16.9 Å². The number of ether oxygens (including phenoxy) is 2. The maximum atomic E-state index is 5.56. The molecule has 0 fully saturated rings. The Balaban J connectivity index is 2.15. The fraction of sp³-hybridized carbons (Fsp3) is 0.400. The second-order valence-corrected chi connectivity index (χ2v) is 4.39. The molecule has 0 saturated heterocycles. The van der Waals surface area contributed by atoms with Crippen LogP contribution in [-0.2, 0) is 11.2 Å². The van der Waals surface area contributed by atoms with Crippen LogP contribution in [-0.4, -0.2) is 30.5 Å². The van der Waals surface area contributed by atoms with Crippen LogP contribution in [0.25, 0.3) is 11.1 Å². The fourth-order valence-corrected chi connectivity index (χ4v) is 2.08. The lowest BCUT2D eigenvalue weighted by atomic mass is 10.0. The largest absolute Gasteiger partial charge is 0.491 e. The molecule has 0 unspecified atom stereocenters. The van der Waals surface area contributed by atoms with Crippen LogP contribution >= 0.6 is 0 Å². The van der Waals surface area contributed by atoms with Crippen LogP contribution in [0, 0.1) is 6.92 Å². The zero-order chi connectivity index (χ0) is 13.7. The van der Waals surface area contributed by atoms with Crippen molar-refractivity contribution in [3.05, 3.63) is 35.7 Å². The van der Waals surface area contributed by atoms with Crippen molar-refractivity contribution in [1.82, 2.24) is 10.2 Å². The van der Waals surface area contributed by atoms with Gasteiger partial charge in [0.05, 0.1) is 12.3 Å². The molecule has 0 saturated carbocycles. The first kappa shape index (κ1) is 13.6. The average molecular weight is 260 g/mol. The van der Waals surface area contributed by atoms with Crippen LogP contribution < -0.4 is 4.74 Å². The van der Waals surface area contributed by atoms with Crippen LogP contribution in [0.15, 0.2) is 24.3 Å². The summed E-state index contributed by atoms with van der Waals surface area (Å²) in [6.45, 7) is 5.33. The molecular weight excluding hydrogens is 240 g/mol. The molecule has 0 aliphatic heterocycles. The SMILES string of the molecule is CCc1n[nH]c(C)c1-c1ccc(OCCOC)cc1.